The maximum Gasteiger partial charge on any atom is 0.409 e. The Kier molecular flexibility index (Phi) is 6.27. The fraction of sp³-hybridized carbons (Fsp3) is 0.304. The molecule has 1 unspecified atom stereocenters. The van der Waals surface area contributed by atoms with Gasteiger partial charge in [0.2, 0.25) is 11.8 Å². The van der Waals surface area contributed by atoms with Crippen molar-refractivity contribution < 1.29 is 37.1 Å². The van der Waals surface area contributed by atoms with Crippen LogP contribution in [0.15, 0.2) is 48.5 Å². The van der Waals surface area contributed by atoms with Gasteiger partial charge >= 0.3 is 12.1 Å². The van der Waals surface area contributed by atoms with E-state index >= 15 is 0 Å². The van der Waals surface area contributed by atoms with Crippen LogP contribution in [0.3, 0.4) is 0 Å². The number of alkyl halides is 3. The SMILES string of the molecule is O=C1CC(C(F)(F)F)N(C(=O)COC(=O)c2cccc(NC(=O)C3CC3)c2)c2ccccc2N1. The van der Waals surface area contributed by atoms with Crippen LogP contribution >= 0.6 is 0 Å². The maximum atomic E-state index is 13.8. The quantitative estimate of drug-likeness (QED) is 0.645. The second kappa shape index (κ2) is 9.16. The summed E-state index contributed by atoms with van der Waals surface area (Å²) in [5.41, 5.74) is 0.266. The van der Waals surface area contributed by atoms with Gasteiger partial charge in [-0.15, -0.1) is 0 Å². The van der Waals surface area contributed by atoms with Crippen LogP contribution in [0.4, 0.5) is 30.2 Å². The number of anilines is 3. The van der Waals surface area contributed by atoms with E-state index in [0.29, 0.717) is 10.6 Å². The highest BCUT2D eigenvalue weighted by molar-refractivity contribution is 6.05. The van der Waals surface area contributed by atoms with Gasteiger partial charge in [-0.05, 0) is 43.2 Å². The molecule has 2 N–H and O–H groups in total. The van der Waals surface area contributed by atoms with Crippen molar-refractivity contribution in [1.29, 1.82) is 0 Å². The molecule has 1 aliphatic heterocycles. The summed E-state index contributed by atoms with van der Waals surface area (Å²) in [5.74, 6) is -3.20. The topological polar surface area (TPSA) is 105 Å². The Bertz CT molecular complexity index is 1150. The third kappa shape index (κ3) is 5.19. The van der Waals surface area contributed by atoms with Crippen molar-refractivity contribution in [3.63, 3.8) is 0 Å². The van der Waals surface area contributed by atoms with E-state index in [2.05, 4.69) is 10.6 Å². The molecule has 1 heterocycles. The number of para-hydroxylation sites is 2. The fourth-order valence-electron chi connectivity index (χ4n) is 3.59. The predicted octanol–water partition coefficient (Wildman–Crippen LogP) is 3.50. The average Bonchev–Trinajstić information content (AvgIpc) is 3.63. The summed E-state index contributed by atoms with van der Waals surface area (Å²) >= 11 is 0. The monoisotopic (exact) mass is 475 g/mol. The van der Waals surface area contributed by atoms with Crippen LogP contribution in [0.25, 0.3) is 0 Å². The molecule has 3 amide bonds. The number of nitrogens with zero attached hydrogens (tertiary/aromatic N) is 1. The number of fused-ring (bicyclic) bond motifs is 1. The molecule has 34 heavy (non-hydrogen) atoms. The average molecular weight is 475 g/mol. The minimum Gasteiger partial charge on any atom is -0.452 e. The molecule has 1 atom stereocenters. The van der Waals surface area contributed by atoms with Crippen molar-refractivity contribution in [2.45, 2.75) is 31.5 Å². The fourth-order valence-corrected chi connectivity index (χ4v) is 3.59. The summed E-state index contributed by atoms with van der Waals surface area (Å²) in [7, 11) is 0. The number of rotatable bonds is 5. The van der Waals surface area contributed by atoms with Crippen molar-refractivity contribution in [3.05, 3.63) is 54.1 Å². The molecule has 8 nitrogen and oxygen atoms in total. The number of esters is 1. The molecule has 1 aliphatic carbocycles. The van der Waals surface area contributed by atoms with Gasteiger partial charge in [-0.3, -0.25) is 19.3 Å². The van der Waals surface area contributed by atoms with E-state index in [1.54, 1.807) is 6.07 Å². The second-order valence-corrected chi connectivity index (χ2v) is 8.01. The molecule has 1 fully saturated rings. The van der Waals surface area contributed by atoms with E-state index in [9.17, 15) is 32.3 Å². The van der Waals surface area contributed by atoms with E-state index in [1.165, 1.54) is 42.5 Å². The van der Waals surface area contributed by atoms with E-state index < -0.39 is 43.0 Å². The summed E-state index contributed by atoms with van der Waals surface area (Å²) in [6.07, 6.45) is -4.30. The third-order valence-corrected chi connectivity index (χ3v) is 5.42. The van der Waals surface area contributed by atoms with Gasteiger partial charge in [0.1, 0.15) is 6.04 Å². The lowest BCUT2D eigenvalue weighted by Gasteiger charge is -2.31. The molecule has 0 radical (unpaired) electrons. The van der Waals surface area contributed by atoms with Crippen LogP contribution in [0.5, 0.6) is 0 Å². The molecule has 4 rings (SSSR count). The molecule has 1 saturated carbocycles. The lowest BCUT2D eigenvalue weighted by molar-refractivity contribution is -0.158. The zero-order chi connectivity index (χ0) is 24.5. The van der Waals surface area contributed by atoms with Gasteiger partial charge in [0.05, 0.1) is 23.4 Å². The maximum absolute atomic E-state index is 13.8. The van der Waals surface area contributed by atoms with Gasteiger partial charge in [0.25, 0.3) is 5.91 Å². The number of benzene rings is 2. The van der Waals surface area contributed by atoms with E-state index in [1.807, 2.05) is 0 Å². The molecule has 0 bridgehead atoms. The van der Waals surface area contributed by atoms with Gasteiger partial charge in [-0.1, -0.05) is 18.2 Å². The number of hydrogen-bond donors (Lipinski definition) is 2. The van der Waals surface area contributed by atoms with Crippen molar-refractivity contribution in [2.75, 3.05) is 22.1 Å². The number of carbonyl (C=O) groups is 4. The van der Waals surface area contributed by atoms with E-state index in [4.69, 9.17) is 4.74 Å². The van der Waals surface area contributed by atoms with Gasteiger partial charge in [0.15, 0.2) is 6.61 Å². The van der Waals surface area contributed by atoms with E-state index in [0.717, 1.165) is 12.8 Å². The normalized spacial score (nSPS) is 17.8. The summed E-state index contributed by atoms with van der Waals surface area (Å²) in [6, 6.07) is 8.98. The van der Waals surface area contributed by atoms with Crippen molar-refractivity contribution in [3.8, 4) is 0 Å². The van der Waals surface area contributed by atoms with Gasteiger partial charge in [0, 0.05) is 11.6 Å². The van der Waals surface area contributed by atoms with Crippen LogP contribution in [0, 0.1) is 5.92 Å². The number of nitrogens with one attached hydrogen (secondary N) is 2. The van der Waals surface area contributed by atoms with Crippen molar-refractivity contribution in [1.82, 2.24) is 0 Å². The first-order valence-electron chi connectivity index (χ1n) is 10.5. The highest BCUT2D eigenvalue weighted by Crippen LogP contribution is 2.37. The minimum atomic E-state index is -4.90. The molecule has 178 valence electrons. The number of amides is 3. The summed E-state index contributed by atoms with van der Waals surface area (Å²) in [4.78, 5) is 49.7. The summed E-state index contributed by atoms with van der Waals surface area (Å²) < 4.78 is 46.3. The van der Waals surface area contributed by atoms with Gasteiger partial charge in [-0.25, -0.2) is 4.79 Å². The number of carbonyl (C=O) groups excluding carboxylic acids is 4. The lowest BCUT2D eigenvalue weighted by atomic mass is 10.1. The number of ether oxygens (including phenoxy) is 1. The Morgan fingerprint density at radius 1 is 1.09 bits per heavy atom. The largest absolute Gasteiger partial charge is 0.452 e. The zero-order valence-electron chi connectivity index (χ0n) is 17.7. The van der Waals surface area contributed by atoms with Crippen molar-refractivity contribution in [2.24, 2.45) is 5.92 Å². The molecule has 2 aliphatic rings. The van der Waals surface area contributed by atoms with E-state index in [-0.39, 0.29) is 28.8 Å². The minimum absolute atomic E-state index is 0.0156. The summed E-state index contributed by atoms with van der Waals surface area (Å²) in [5, 5.41) is 5.03. The zero-order valence-corrected chi connectivity index (χ0v) is 17.7. The Hall–Kier alpha value is -3.89. The molecule has 2 aromatic carbocycles. The predicted molar refractivity (Wildman–Crippen MR) is 115 cm³/mol. The molecular formula is C23H20F3N3O5. The second-order valence-electron chi connectivity index (χ2n) is 8.01. The first kappa shape index (κ1) is 23.3. The highest BCUT2D eigenvalue weighted by atomic mass is 19.4. The Morgan fingerprint density at radius 3 is 2.53 bits per heavy atom. The highest BCUT2D eigenvalue weighted by Gasteiger charge is 2.49. The van der Waals surface area contributed by atoms with Crippen LogP contribution in [0.2, 0.25) is 0 Å². The van der Waals surface area contributed by atoms with Crippen LogP contribution in [-0.2, 0) is 19.1 Å². The van der Waals surface area contributed by atoms with Crippen LogP contribution in [0.1, 0.15) is 29.6 Å². The van der Waals surface area contributed by atoms with Gasteiger partial charge < -0.3 is 15.4 Å². The third-order valence-electron chi connectivity index (χ3n) is 5.42. The Labute approximate surface area is 192 Å². The van der Waals surface area contributed by atoms with Crippen LogP contribution < -0.4 is 15.5 Å². The molecule has 0 saturated heterocycles. The summed E-state index contributed by atoms with van der Waals surface area (Å²) in [6.45, 7) is -0.980. The molecule has 0 aromatic heterocycles. The standard InChI is InChI=1S/C23H20F3N3O5/c24-23(25,26)18-11-19(30)28-16-6-1-2-7-17(16)29(18)20(31)12-34-22(33)14-4-3-5-15(10-14)27-21(32)13-8-9-13/h1-7,10,13,18H,8-9,11-12H2,(H,27,32)(H,28,30). The number of hydrogen-bond acceptors (Lipinski definition) is 5. The lowest BCUT2D eigenvalue weighted by Crippen LogP contribution is -2.51. The van der Waals surface area contributed by atoms with Gasteiger partial charge in [-0.2, -0.15) is 13.2 Å². The number of halogens is 3. The van der Waals surface area contributed by atoms with Crippen molar-refractivity contribution >= 4 is 40.8 Å². The first-order valence-corrected chi connectivity index (χ1v) is 10.5. The smallest absolute Gasteiger partial charge is 0.409 e. The molecule has 0 spiro atoms. The van der Waals surface area contributed by atoms with Crippen LogP contribution in [-0.4, -0.2) is 42.5 Å². The Morgan fingerprint density at radius 2 is 1.82 bits per heavy atom. The molecule has 2 aromatic rings. The first-order chi connectivity index (χ1) is 16.1. The molecule has 11 heteroatoms. The molecular weight excluding hydrogens is 455 g/mol. The Balaban J connectivity index is 1.50.